The topological polar surface area (TPSA) is 12.4 Å². The molecule has 0 aliphatic heterocycles. The van der Waals surface area contributed by atoms with Crippen LogP contribution in [0.3, 0.4) is 0 Å². The Balaban J connectivity index is 2.70. The molecular formula is C10H10ClN. The van der Waals surface area contributed by atoms with Crippen molar-refractivity contribution >= 4 is 17.8 Å². The maximum Gasteiger partial charge on any atom is 0.0406 e. The van der Waals surface area contributed by atoms with Crippen LogP contribution in [0.4, 0.5) is 0 Å². The third-order valence-electron chi connectivity index (χ3n) is 1.33. The van der Waals surface area contributed by atoms with Crippen LogP contribution in [-0.2, 0) is 0 Å². The van der Waals surface area contributed by atoms with E-state index in [0.29, 0.717) is 0 Å². The minimum atomic E-state index is 0.748. The molecule has 0 atom stereocenters. The molecule has 1 nitrogen and oxygen atoms in total. The predicted molar refractivity (Wildman–Crippen MR) is 53.9 cm³/mol. The summed E-state index contributed by atoms with van der Waals surface area (Å²) in [5, 5.41) is 0.748. The minimum absolute atomic E-state index is 0.748. The van der Waals surface area contributed by atoms with Crippen LogP contribution in [0.1, 0.15) is 12.5 Å². The first-order valence-electron chi connectivity index (χ1n) is 3.73. The summed E-state index contributed by atoms with van der Waals surface area (Å²) < 4.78 is 0. The highest BCUT2D eigenvalue weighted by molar-refractivity contribution is 6.30. The lowest BCUT2D eigenvalue weighted by Gasteiger charge is -1.90. The lowest BCUT2D eigenvalue weighted by molar-refractivity contribution is 1.53. The fourth-order valence-corrected chi connectivity index (χ4v) is 0.890. The molecule has 0 heterocycles. The van der Waals surface area contributed by atoms with E-state index in [1.807, 2.05) is 37.3 Å². The van der Waals surface area contributed by atoms with Crippen molar-refractivity contribution < 1.29 is 0 Å². The predicted octanol–water partition coefficient (Wildman–Crippen LogP) is 3.29. The SMILES string of the molecule is C/C=C\N=Cc1ccc(Cl)cc1. The quantitative estimate of drug-likeness (QED) is 0.618. The third-order valence-corrected chi connectivity index (χ3v) is 1.58. The minimum Gasteiger partial charge on any atom is -0.264 e. The number of aliphatic imine (C=N–C) groups is 1. The fraction of sp³-hybridized carbons (Fsp3) is 0.100. The number of benzene rings is 1. The summed E-state index contributed by atoms with van der Waals surface area (Å²) in [6.45, 7) is 1.93. The van der Waals surface area contributed by atoms with Crippen molar-refractivity contribution in [3.05, 3.63) is 47.1 Å². The van der Waals surface area contributed by atoms with E-state index >= 15 is 0 Å². The summed E-state index contributed by atoms with van der Waals surface area (Å²) in [5.74, 6) is 0. The lowest BCUT2D eigenvalue weighted by Crippen LogP contribution is -1.77. The maximum atomic E-state index is 5.71. The second-order valence-electron chi connectivity index (χ2n) is 2.31. The average molecular weight is 180 g/mol. The fourth-order valence-electron chi connectivity index (χ4n) is 0.764. The van der Waals surface area contributed by atoms with Crippen LogP contribution >= 0.6 is 11.6 Å². The van der Waals surface area contributed by atoms with Gasteiger partial charge in [-0.1, -0.05) is 29.8 Å². The molecule has 2 heteroatoms. The Bertz CT molecular complexity index is 285. The van der Waals surface area contributed by atoms with Crippen molar-refractivity contribution in [1.29, 1.82) is 0 Å². The molecule has 1 rings (SSSR count). The molecule has 0 aliphatic carbocycles. The van der Waals surface area contributed by atoms with E-state index in [4.69, 9.17) is 11.6 Å². The first-order valence-corrected chi connectivity index (χ1v) is 4.10. The van der Waals surface area contributed by atoms with Gasteiger partial charge in [-0.15, -0.1) is 0 Å². The number of hydrogen-bond acceptors (Lipinski definition) is 1. The number of nitrogens with zero attached hydrogens (tertiary/aromatic N) is 1. The van der Waals surface area contributed by atoms with Gasteiger partial charge in [-0.25, -0.2) is 0 Å². The van der Waals surface area contributed by atoms with E-state index in [2.05, 4.69) is 4.99 Å². The van der Waals surface area contributed by atoms with Gasteiger partial charge in [0.2, 0.25) is 0 Å². The van der Waals surface area contributed by atoms with Gasteiger partial charge in [-0.3, -0.25) is 4.99 Å². The molecule has 62 valence electrons. The van der Waals surface area contributed by atoms with Crippen molar-refractivity contribution in [1.82, 2.24) is 0 Å². The smallest absolute Gasteiger partial charge is 0.0406 e. The first kappa shape index (κ1) is 9.01. The lowest BCUT2D eigenvalue weighted by atomic mass is 10.2. The summed E-state index contributed by atoms with van der Waals surface area (Å²) >= 11 is 5.71. The highest BCUT2D eigenvalue weighted by Gasteiger charge is 1.86. The molecule has 0 saturated carbocycles. The molecule has 0 amide bonds. The van der Waals surface area contributed by atoms with Crippen LogP contribution in [0.15, 0.2) is 41.5 Å². The van der Waals surface area contributed by atoms with Crippen LogP contribution < -0.4 is 0 Å². The van der Waals surface area contributed by atoms with Gasteiger partial charge in [-0.2, -0.15) is 0 Å². The zero-order valence-corrected chi connectivity index (χ0v) is 7.62. The Hall–Kier alpha value is -1.08. The van der Waals surface area contributed by atoms with Crippen molar-refractivity contribution in [2.45, 2.75) is 6.92 Å². The number of allylic oxidation sites excluding steroid dienone is 1. The molecular weight excluding hydrogens is 170 g/mol. The number of hydrogen-bond donors (Lipinski definition) is 0. The third kappa shape index (κ3) is 2.89. The molecule has 1 aromatic carbocycles. The van der Waals surface area contributed by atoms with Gasteiger partial charge in [0.25, 0.3) is 0 Å². The van der Waals surface area contributed by atoms with Crippen LogP contribution in [0.25, 0.3) is 0 Å². The summed E-state index contributed by atoms with van der Waals surface area (Å²) in [6, 6.07) is 7.54. The van der Waals surface area contributed by atoms with Crippen LogP contribution in [-0.4, -0.2) is 6.21 Å². The largest absolute Gasteiger partial charge is 0.264 e. The molecule has 0 radical (unpaired) electrons. The zero-order valence-electron chi connectivity index (χ0n) is 6.87. The molecule has 0 saturated heterocycles. The van der Waals surface area contributed by atoms with E-state index in [1.165, 1.54) is 0 Å². The van der Waals surface area contributed by atoms with Gasteiger partial charge >= 0.3 is 0 Å². The first-order chi connectivity index (χ1) is 5.83. The molecule has 0 unspecified atom stereocenters. The number of rotatable bonds is 2. The molecule has 0 fully saturated rings. The summed E-state index contributed by atoms with van der Waals surface area (Å²) in [5.41, 5.74) is 1.05. The molecule has 0 aliphatic rings. The molecule has 0 spiro atoms. The van der Waals surface area contributed by atoms with E-state index in [0.717, 1.165) is 10.6 Å². The number of halogens is 1. The molecule has 0 bridgehead atoms. The molecule has 0 aromatic heterocycles. The zero-order chi connectivity index (χ0) is 8.81. The van der Waals surface area contributed by atoms with E-state index < -0.39 is 0 Å². The van der Waals surface area contributed by atoms with Gasteiger partial charge in [0.05, 0.1) is 0 Å². The Labute approximate surface area is 77.4 Å². The van der Waals surface area contributed by atoms with E-state index in [-0.39, 0.29) is 0 Å². The van der Waals surface area contributed by atoms with Crippen molar-refractivity contribution in [3.8, 4) is 0 Å². The second-order valence-corrected chi connectivity index (χ2v) is 2.75. The molecule has 1 aromatic rings. The Morgan fingerprint density at radius 3 is 2.50 bits per heavy atom. The highest BCUT2D eigenvalue weighted by Crippen LogP contribution is 2.07. The Morgan fingerprint density at radius 1 is 1.25 bits per heavy atom. The Morgan fingerprint density at radius 2 is 1.92 bits per heavy atom. The second kappa shape index (κ2) is 4.73. The summed E-state index contributed by atoms with van der Waals surface area (Å²) in [4.78, 5) is 4.04. The van der Waals surface area contributed by atoms with Gasteiger partial charge in [0, 0.05) is 17.4 Å². The van der Waals surface area contributed by atoms with Crippen molar-refractivity contribution in [3.63, 3.8) is 0 Å². The van der Waals surface area contributed by atoms with Gasteiger partial charge in [0.15, 0.2) is 0 Å². The highest BCUT2D eigenvalue weighted by atomic mass is 35.5. The van der Waals surface area contributed by atoms with E-state index in [1.54, 1.807) is 12.4 Å². The normalized spacial score (nSPS) is 11.5. The molecule has 0 N–H and O–H groups in total. The van der Waals surface area contributed by atoms with Crippen LogP contribution in [0.2, 0.25) is 5.02 Å². The van der Waals surface area contributed by atoms with Gasteiger partial charge in [0.1, 0.15) is 0 Å². The van der Waals surface area contributed by atoms with E-state index in [9.17, 15) is 0 Å². The maximum absolute atomic E-state index is 5.71. The Kier molecular flexibility index (Phi) is 3.55. The van der Waals surface area contributed by atoms with Gasteiger partial charge in [-0.05, 0) is 24.6 Å². The van der Waals surface area contributed by atoms with Crippen molar-refractivity contribution in [2.24, 2.45) is 4.99 Å². The van der Waals surface area contributed by atoms with Crippen LogP contribution in [0.5, 0.6) is 0 Å². The van der Waals surface area contributed by atoms with Crippen LogP contribution in [0, 0.1) is 0 Å². The van der Waals surface area contributed by atoms with Crippen molar-refractivity contribution in [2.75, 3.05) is 0 Å². The monoisotopic (exact) mass is 179 g/mol. The molecule has 12 heavy (non-hydrogen) atoms. The standard InChI is InChI=1S/C10H10ClN/c1-2-7-12-8-9-3-5-10(11)6-4-9/h2-8H,1H3/b7-2-,12-8?. The summed E-state index contributed by atoms with van der Waals surface area (Å²) in [7, 11) is 0. The summed E-state index contributed by atoms with van der Waals surface area (Å²) in [6.07, 6.45) is 5.41. The van der Waals surface area contributed by atoms with Gasteiger partial charge < -0.3 is 0 Å². The average Bonchev–Trinajstić information content (AvgIpc) is 2.09.